The van der Waals surface area contributed by atoms with Gasteiger partial charge >= 0.3 is 0 Å². The van der Waals surface area contributed by atoms with Crippen molar-refractivity contribution in [3.63, 3.8) is 0 Å². The number of hydrogen-bond donors (Lipinski definition) is 0. The predicted octanol–water partition coefficient (Wildman–Crippen LogP) is 3.27. The normalized spacial score (nSPS) is 38.9. The molecule has 0 aromatic heterocycles. The summed E-state index contributed by atoms with van der Waals surface area (Å²) in [7, 11) is 0. The Morgan fingerprint density at radius 1 is 1.29 bits per heavy atom. The van der Waals surface area contributed by atoms with Gasteiger partial charge in [0.2, 0.25) is 0 Å². The Kier molecular flexibility index (Phi) is 2.85. The highest BCUT2D eigenvalue weighted by Gasteiger charge is 2.25. The molecule has 2 rings (SSSR count). The third-order valence-corrected chi connectivity index (χ3v) is 3.43. The van der Waals surface area contributed by atoms with E-state index in [0.717, 1.165) is 12.0 Å². The fourth-order valence-corrected chi connectivity index (χ4v) is 2.64. The number of ketones is 1. The van der Waals surface area contributed by atoms with Gasteiger partial charge in [-0.15, -0.1) is 0 Å². The summed E-state index contributed by atoms with van der Waals surface area (Å²) in [6.07, 6.45) is 12.2. The fourth-order valence-electron chi connectivity index (χ4n) is 2.64. The molecule has 1 fully saturated rings. The summed E-state index contributed by atoms with van der Waals surface area (Å²) < 4.78 is 0. The lowest BCUT2D eigenvalue weighted by atomic mass is 9.75. The van der Waals surface area contributed by atoms with Gasteiger partial charge in [0, 0.05) is 6.42 Å². The van der Waals surface area contributed by atoms with Gasteiger partial charge in [0.25, 0.3) is 0 Å². The van der Waals surface area contributed by atoms with Crippen LogP contribution in [0.25, 0.3) is 0 Å². The largest absolute Gasteiger partial charge is 0.295 e. The average molecular weight is 190 g/mol. The first-order chi connectivity index (χ1) is 6.75. The van der Waals surface area contributed by atoms with E-state index in [1.54, 1.807) is 6.08 Å². The van der Waals surface area contributed by atoms with E-state index in [-0.39, 0.29) is 0 Å². The molecule has 1 heteroatoms. The maximum absolute atomic E-state index is 11.6. The van der Waals surface area contributed by atoms with Crippen LogP contribution in [0.4, 0.5) is 0 Å². The van der Waals surface area contributed by atoms with E-state index < -0.39 is 0 Å². The Balaban J connectivity index is 2.18. The van der Waals surface area contributed by atoms with Crippen LogP contribution in [0.1, 0.15) is 39.0 Å². The Labute approximate surface area is 85.9 Å². The van der Waals surface area contributed by atoms with Gasteiger partial charge in [-0.05, 0) is 43.3 Å². The molecule has 0 N–H and O–H groups in total. The molecule has 0 heterocycles. The summed E-state index contributed by atoms with van der Waals surface area (Å²) in [5.74, 6) is 1.61. The molecule has 0 spiro atoms. The molecule has 2 unspecified atom stereocenters. The SMILES string of the molecule is CC1=C/C(=O)CC2CCCCC2/C=C\1. The summed E-state index contributed by atoms with van der Waals surface area (Å²) in [5, 5.41) is 0. The lowest BCUT2D eigenvalue weighted by molar-refractivity contribution is -0.116. The van der Waals surface area contributed by atoms with Crippen LogP contribution in [-0.2, 0) is 4.79 Å². The van der Waals surface area contributed by atoms with E-state index in [2.05, 4.69) is 12.2 Å². The predicted molar refractivity (Wildman–Crippen MR) is 58.0 cm³/mol. The van der Waals surface area contributed by atoms with Gasteiger partial charge in [-0.25, -0.2) is 0 Å². The first-order valence-corrected chi connectivity index (χ1v) is 5.65. The fraction of sp³-hybridized carbons (Fsp3) is 0.615. The van der Waals surface area contributed by atoms with E-state index in [9.17, 15) is 4.79 Å². The topological polar surface area (TPSA) is 17.1 Å². The molecule has 0 aromatic carbocycles. The number of allylic oxidation sites excluding steroid dienone is 4. The Morgan fingerprint density at radius 3 is 2.93 bits per heavy atom. The maximum Gasteiger partial charge on any atom is 0.156 e. The van der Waals surface area contributed by atoms with E-state index in [1.165, 1.54) is 25.7 Å². The molecule has 14 heavy (non-hydrogen) atoms. The highest BCUT2D eigenvalue weighted by atomic mass is 16.1. The lowest BCUT2D eigenvalue weighted by Gasteiger charge is -2.29. The van der Waals surface area contributed by atoms with Crippen molar-refractivity contribution in [2.45, 2.75) is 39.0 Å². The molecule has 76 valence electrons. The van der Waals surface area contributed by atoms with Crippen LogP contribution in [0.3, 0.4) is 0 Å². The number of fused-ring (bicyclic) bond motifs is 1. The minimum Gasteiger partial charge on any atom is -0.295 e. The third kappa shape index (κ3) is 2.14. The van der Waals surface area contributed by atoms with Crippen LogP contribution in [-0.4, -0.2) is 5.78 Å². The molecular weight excluding hydrogens is 172 g/mol. The van der Waals surface area contributed by atoms with Crippen LogP contribution in [0, 0.1) is 11.8 Å². The molecule has 2 aliphatic carbocycles. The summed E-state index contributed by atoms with van der Waals surface area (Å²) in [4.78, 5) is 11.6. The zero-order valence-electron chi connectivity index (χ0n) is 8.83. The molecule has 0 radical (unpaired) electrons. The first-order valence-electron chi connectivity index (χ1n) is 5.65. The summed E-state index contributed by atoms with van der Waals surface area (Å²) in [6, 6.07) is 0. The average Bonchev–Trinajstić information content (AvgIpc) is 2.14. The molecule has 0 bridgehead atoms. The van der Waals surface area contributed by atoms with Gasteiger partial charge < -0.3 is 0 Å². The van der Waals surface area contributed by atoms with Crippen LogP contribution in [0.15, 0.2) is 23.8 Å². The van der Waals surface area contributed by atoms with Crippen molar-refractivity contribution >= 4 is 5.78 Å². The molecule has 2 atom stereocenters. The van der Waals surface area contributed by atoms with Gasteiger partial charge in [-0.2, -0.15) is 0 Å². The molecule has 1 saturated carbocycles. The van der Waals surface area contributed by atoms with Crippen LogP contribution in [0.2, 0.25) is 0 Å². The second-order valence-corrected chi connectivity index (χ2v) is 4.63. The highest BCUT2D eigenvalue weighted by Crippen LogP contribution is 2.34. The van der Waals surface area contributed by atoms with E-state index in [1.807, 2.05) is 6.92 Å². The van der Waals surface area contributed by atoms with E-state index >= 15 is 0 Å². The summed E-state index contributed by atoms with van der Waals surface area (Å²) >= 11 is 0. The van der Waals surface area contributed by atoms with Crippen molar-refractivity contribution in [2.24, 2.45) is 11.8 Å². The van der Waals surface area contributed by atoms with Crippen LogP contribution in [0.5, 0.6) is 0 Å². The zero-order chi connectivity index (χ0) is 9.97. The smallest absolute Gasteiger partial charge is 0.156 e. The number of rotatable bonds is 0. The Hall–Kier alpha value is -0.850. The number of carbonyl (C=O) groups is 1. The van der Waals surface area contributed by atoms with Crippen molar-refractivity contribution < 1.29 is 4.79 Å². The van der Waals surface area contributed by atoms with Crippen molar-refractivity contribution in [1.29, 1.82) is 0 Å². The molecule has 0 saturated heterocycles. The molecule has 1 nitrogen and oxygen atoms in total. The molecule has 0 aromatic rings. The standard InChI is InChI=1S/C13H18O/c1-10-6-7-11-4-2-3-5-12(11)9-13(14)8-10/h6-8,11-12H,2-5,9H2,1H3/b7-6-,10-8-. The minimum absolute atomic E-state index is 0.323. The van der Waals surface area contributed by atoms with Crippen molar-refractivity contribution in [2.75, 3.05) is 0 Å². The second-order valence-electron chi connectivity index (χ2n) is 4.63. The molecule has 2 aliphatic rings. The van der Waals surface area contributed by atoms with Crippen molar-refractivity contribution in [3.8, 4) is 0 Å². The van der Waals surface area contributed by atoms with Crippen molar-refractivity contribution in [3.05, 3.63) is 23.8 Å². The third-order valence-electron chi connectivity index (χ3n) is 3.43. The lowest BCUT2D eigenvalue weighted by Crippen LogP contribution is -2.21. The molecule has 0 amide bonds. The van der Waals surface area contributed by atoms with Gasteiger partial charge in [-0.3, -0.25) is 4.79 Å². The minimum atomic E-state index is 0.323. The highest BCUT2D eigenvalue weighted by molar-refractivity contribution is 5.91. The number of hydrogen-bond acceptors (Lipinski definition) is 1. The van der Waals surface area contributed by atoms with E-state index in [0.29, 0.717) is 17.6 Å². The summed E-state index contributed by atoms with van der Waals surface area (Å²) in [6.45, 7) is 2.01. The van der Waals surface area contributed by atoms with Crippen LogP contribution < -0.4 is 0 Å². The Bertz CT molecular complexity index is 286. The van der Waals surface area contributed by atoms with Gasteiger partial charge in [0.1, 0.15) is 0 Å². The van der Waals surface area contributed by atoms with Gasteiger partial charge in [0.15, 0.2) is 5.78 Å². The first kappa shape index (κ1) is 9.70. The quantitative estimate of drug-likeness (QED) is 0.573. The Morgan fingerprint density at radius 2 is 2.07 bits per heavy atom. The van der Waals surface area contributed by atoms with Gasteiger partial charge in [0.05, 0.1) is 0 Å². The van der Waals surface area contributed by atoms with Gasteiger partial charge in [-0.1, -0.05) is 25.0 Å². The van der Waals surface area contributed by atoms with Crippen LogP contribution >= 0.6 is 0 Å². The summed E-state index contributed by atoms with van der Waals surface area (Å²) in [5.41, 5.74) is 1.11. The van der Waals surface area contributed by atoms with Crippen molar-refractivity contribution in [1.82, 2.24) is 0 Å². The maximum atomic E-state index is 11.6. The van der Waals surface area contributed by atoms with E-state index in [4.69, 9.17) is 0 Å². The number of carbonyl (C=O) groups excluding carboxylic acids is 1. The monoisotopic (exact) mass is 190 g/mol. The molecular formula is C13H18O. The zero-order valence-corrected chi connectivity index (χ0v) is 8.83. The second kappa shape index (κ2) is 4.12. The molecule has 0 aliphatic heterocycles.